The maximum atomic E-state index is 12.2. The third kappa shape index (κ3) is 2.57. The van der Waals surface area contributed by atoms with Crippen LogP contribution >= 0.6 is 15.9 Å². The molecule has 0 radical (unpaired) electrons. The molecular formula is C17H16BrNO3. The van der Waals surface area contributed by atoms with E-state index in [0.29, 0.717) is 17.9 Å². The van der Waals surface area contributed by atoms with Gasteiger partial charge in [-0.3, -0.25) is 4.79 Å². The molecule has 1 atom stereocenters. The number of hydrogen-bond acceptors (Lipinski definition) is 3. The Kier molecular flexibility index (Phi) is 4.07. The highest BCUT2D eigenvalue weighted by atomic mass is 79.9. The number of para-hydroxylation sites is 1. The molecule has 1 amide bonds. The molecule has 0 aromatic heterocycles. The molecule has 0 saturated heterocycles. The fourth-order valence-corrected chi connectivity index (χ4v) is 3.24. The van der Waals surface area contributed by atoms with Gasteiger partial charge in [-0.1, -0.05) is 34.1 Å². The number of hydrogen-bond donors (Lipinski definition) is 1. The third-order valence-electron chi connectivity index (χ3n) is 3.89. The van der Waals surface area contributed by atoms with Crippen LogP contribution in [0.1, 0.15) is 17.0 Å². The largest absolute Gasteiger partial charge is 0.493 e. The zero-order chi connectivity index (χ0) is 15.7. The predicted molar refractivity (Wildman–Crippen MR) is 88.8 cm³/mol. The van der Waals surface area contributed by atoms with Crippen LogP contribution in [-0.2, 0) is 11.2 Å². The second-order valence-electron chi connectivity index (χ2n) is 5.13. The van der Waals surface area contributed by atoms with E-state index in [9.17, 15) is 4.79 Å². The summed E-state index contributed by atoms with van der Waals surface area (Å²) in [5.74, 6) is 1.16. The SMILES string of the molecule is COc1cc(Br)c(C[C@@H]2C(=O)Nc3ccccc32)cc1OC. The number of nitrogens with one attached hydrogen (secondary N) is 1. The maximum absolute atomic E-state index is 12.2. The number of carbonyl (C=O) groups excluding carboxylic acids is 1. The van der Waals surface area contributed by atoms with Gasteiger partial charge < -0.3 is 14.8 Å². The Morgan fingerprint density at radius 3 is 2.55 bits per heavy atom. The summed E-state index contributed by atoms with van der Waals surface area (Å²) in [5.41, 5.74) is 2.94. The molecule has 0 saturated carbocycles. The van der Waals surface area contributed by atoms with Crippen molar-refractivity contribution in [3.8, 4) is 11.5 Å². The summed E-state index contributed by atoms with van der Waals surface area (Å²) >= 11 is 3.55. The highest BCUT2D eigenvalue weighted by Crippen LogP contribution is 2.39. The van der Waals surface area contributed by atoms with Crippen LogP contribution in [0.4, 0.5) is 5.69 Å². The quantitative estimate of drug-likeness (QED) is 0.901. The van der Waals surface area contributed by atoms with Crippen molar-refractivity contribution >= 4 is 27.5 Å². The maximum Gasteiger partial charge on any atom is 0.232 e. The minimum absolute atomic E-state index is 0.0304. The Morgan fingerprint density at radius 2 is 1.82 bits per heavy atom. The standard InChI is InChI=1S/C17H16BrNO3/c1-21-15-8-10(13(18)9-16(15)22-2)7-12-11-5-3-4-6-14(11)19-17(12)20/h3-6,8-9,12H,7H2,1-2H3,(H,19,20)/t12-/m0/s1. The molecule has 5 heteroatoms. The van der Waals surface area contributed by atoms with E-state index in [1.807, 2.05) is 36.4 Å². The Morgan fingerprint density at radius 1 is 1.14 bits per heavy atom. The number of anilines is 1. The molecule has 0 fully saturated rings. The summed E-state index contributed by atoms with van der Waals surface area (Å²) in [4.78, 5) is 12.2. The first-order chi connectivity index (χ1) is 10.6. The predicted octanol–water partition coefficient (Wildman–Crippen LogP) is 3.74. The lowest BCUT2D eigenvalue weighted by molar-refractivity contribution is -0.117. The van der Waals surface area contributed by atoms with Crippen molar-refractivity contribution in [1.29, 1.82) is 0 Å². The fourth-order valence-electron chi connectivity index (χ4n) is 2.75. The van der Waals surface area contributed by atoms with E-state index < -0.39 is 0 Å². The molecule has 4 nitrogen and oxygen atoms in total. The van der Waals surface area contributed by atoms with Crippen LogP contribution in [0, 0.1) is 0 Å². The van der Waals surface area contributed by atoms with Crippen molar-refractivity contribution in [2.24, 2.45) is 0 Å². The van der Waals surface area contributed by atoms with E-state index in [4.69, 9.17) is 9.47 Å². The lowest BCUT2D eigenvalue weighted by Gasteiger charge is -2.14. The van der Waals surface area contributed by atoms with Crippen molar-refractivity contribution < 1.29 is 14.3 Å². The van der Waals surface area contributed by atoms with Gasteiger partial charge in [-0.25, -0.2) is 0 Å². The Labute approximate surface area is 137 Å². The molecule has 1 heterocycles. The molecule has 0 spiro atoms. The third-order valence-corrected chi connectivity index (χ3v) is 4.63. The van der Waals surface area contributed by atoms with Crippen LogP contribution in [0.2, 0.25) is 0 Å². The zero-order valence-electron chi connectivity index (χ0n) is 12.4. The average molecular weight is 362 g/mol. The topological polar surface area (TPSA) is 47.6 Å². The van der Waals surface area contributed by atoms with Gasteiger partial charge >= 0.3 is 0 Å². The summed E-state index contributed by atoms with van der Waals surface area (Å²) < 4.78 is 11.5. The van der Waals surface area contributed by atoms with E-state index in [1.54, 1.807) is 14.2 Å². The number of carbonyl (C=O) groups is 1. The normalized spacial score (nSPS) is 16.1. The second-order valence-corrected chi connectivity index (χ2v) is 5.99. The summed E-state index contributed by atoms with van der Waals surface area (Å²) in [7, 11) is 3.21. The summed E-state index contributed by atoms with van der Waals surface area (Å²) in [6.45, 7) is 0. The van der Waals surface area contributed by atoms with Crippen molar-refractivity contribution in [2.75, 3.05) is 19.5 Å². The van der Waals surface area contributed by atoms with Gasteiger partial charge in [-0.2, -0.15) is 0 Å². The van der Waals surface area contributed by atoms with Gasteiger partial charge in [-0.05, 0) is 35.7 Å². The summed E-state index contributed by atoms with van der Waals surface area (Å²) in [6.07, 6.45) is 0.601. The van der Waals surface area contributed by atoms with E-state index >= 15 is 0 Å². The first-order valence-corrected chi connectivity index (χ1v) is 7.73. The van der Waals surface area contributed by atoms with E-state index in [1.165, 1.54) is 0 Å². The minimum Gasteiger partial charge on any atom is -0.493 e. The van der Waals surface area contributed by atoms with Gasteiger partial charge in [0, 0.05) is 10.2 Å². The van der Waals surface area contributed by atoms with E-state index in [0.717, 1.165) is 21.3 Å². The number of methoxy groups -OCH3 is 2. The van der Waals surface area contributed by atoms with Gasteiger partial charge in [-0.15, -0.1) is 0 Å². The smallest absolute Gasteiger partial charge is 0.232 e. The van der Waals surface area contributed by atoms with Gasteiger partial charge in [0.25, 0.3) is 0 Å². The first kappa shape index (κ1) is 14.9. The zero-order valence-corrected chi connectivity index (χ0v) is 13.9. The van der Waals surface area contributed by atoms with Crippen molar-refractivity contribution in [3.05, 3.63) is 52.0 Å². The van der Waals surface area contributed by atoms with Crippen LogP contribution in [0.25, 0.3) is 0 Å². The molecule has 0 bridgehead atoms. The van der Waals surface area contributed by atoms with Crippen LogP contribution in [0.5, 0.6) is 11.5 Å². The molecule has 2 aromatic carbocycles. The van der Waals surface area contributed by atoms with Crippen molar-refractivity contribution in [1.82, 2.24) is 0 Å². The summed E-state index contributed by atoms with van der Waals surface area (Å²) in [6, 6.07) is 11.6. The molecule has 1 aliphatic rings. The first-order valence-electron chi connectivity index (χ1n) is 6.94. The molecule has 114 valence electrons. The molecule has 22 heavy (non-hydrogen) atoms. The van der Waals surface area contributed by atoms with Crippen molar-refractivity contribution in [3.63, 3.8) is 0 Å². The summed E-state index contributed by atoms with van der Waals surface area (Å²) in [5, 5.41) is 2.93. The highest BCUT2D eigenvalue weighted by Gasteiger charge is 2.30. The van der Waals surface area contributed by atoms with Crippen LogP contribution in [0.3, 0.4) is 0 Å². The van der Waals surface area contributed by atoms with Gasteiger partial charge in [0.2, 0.25) is 5.91 Å². The second kappa shape index (κ2) is 6.01. The lowest BCUT2D eigenvalue weighted by atomic mass is 9.93. The molecule has 0 aliphatic carbocycles. The van der Waals surface area contributed by atoms with Gasteiger partial charge in [0.1, 0.15) is 0 Å². The molecule has 0 unspecified atom stereocenters. The number of benzene rings is 2. The molecular weight excluding hydrogens is 346 g/mol. The molecule has 3 rings (SSSR count). The Bertz CT molecular complexity index is 730. The number of halogens is 1. The Hall–Kier alpha value is -2.01. The fraction of sp³-hybridized carbons (Fsp3) is 0.235. The van der Waals surface area contributed by atoms with Gasteiger partial charge in [0.15, 0.2) is 11.5 Å². The lowest BCUT2D eigenvalue weighted by Crippen LogP contribution is -2.14. The van der Waals surface area contributed by atoms with Crippen LogP contribution in [0.15, 0.2) is 40.9 Å². The number of amides is 1. The number of rotatable bonds is 4. The average Bonchev–Trinajstić information content (AvgIpc) is 2.84. The molecule has 2 aromatic rings. The monoisotopic (exact) mass is 361 g/mol. The highest BCUT2D eigenvalue weighted by molar-refractivity contribution is 9.10. The van der Waals surface area contributed by atoms with E-state index in [-0.39, 0.29) is 11.8 Å². The number of fused-ring (bicyclic) bond motifs is 1. The van der Waals surface area contributed by atoms with Crippen LogP contribution < -0.4 is 14.8 Å². The molecule has 1 aliphatic heterocycles. The van der Waals surface area contributed by atoms with Crippen LogP contribution in [-0.4, -0.2) is 20.1 Å². The van der Waals surface area contributed by atoms with E-state index in [2.05, 4.69) is 21.2 Å². The molecule has 1 N–H and O–H groups in total. The van der Waals surface area contributed by atoms with Crippen molar-refractivity contribution in [2.45, 2.75) is 12.3 Å². The number of ether oxygens (including phenoxy) is 2. The minimum atomic E-state index is -0.189. The van der Waals surface area contributed by atoms with Gasteiger partial charge in [0.05, 0.1) is 20.1 Å². The Balaban J connectivity index is 1.95.